The third-order valence-electron chi connectivity index (χ3n) is 1.58. The lowest BCUT2D eigenvalue weighted by molar-refractivity contribution is -0.105. The number of aromatic carboxylic acids is 1. The van der Waals surface area contributed by atoms with E-state index in [1.165, 1.54) is 0 Å². The molecular formula is C8H4F3NO3. The molecule has 0 aliphatic carbocycles. The molecule has 0 aliphatic heterocycles. The fraction of sp³-hybridized carbons (Fsp3) is 0. The highest BCUT2D eigenvalue weighted by Crippen LogP contribution is 2.23. The third-order valence-corrected chi connectivity index (χ3v) is 1.58. The molecule has 1 amide bonds. The van der Waals surface area contributed by atoms with Gasteiger partial charge in [-0.1, -0.05) is 0 Å². The van der Waals surface area contributed by atoms with Crippen molar-refractivity contribution in [3.05, 3.63) is 29.1 Å². The number of amides is 1. The summed E-state index contributed by atoms with van der Waals surface area (Å²) in [5.74, 6) is -6.86. The highest BCUT2D eigenvalue weighted by Gasteiger charge is 2.23. The monoisotopic (exact) mass is 219 g/mol. The molecule has 0 fully saturated rings. The van der Waals surface area contributed by atoms with Gasteiger partial charge in [0.1, 0.15) is 5.56 Å². The van der Waals surface area contributed by atoms with Crippen LogP contribution in [0.15, 0.2) is 6.07 Å². The summed E-state index contributed by atoms with van der Waals surface area (Å²) >= 11 is 0. The Morgan fingerprint density at radius 3 is 2.40 bits per heavy atom. The summed E-state index contributed by atoms with van der Waals surface area (Å²) in [4.78, 5) is 20.4. The molecule has 0 bridgehead atoms. The van der Waals surface area contributed by atoms with Gasteiger partial charge in [-0.15, -0.1) is 0 Å². The van der Waals surface area contributed by atoms with Crippen LogP contribution in [-0.2, 0) is 4.79 Å². The van der Waals surface area contributed by atoms with Crippen LogP contribution >= 0.6 is 0 Å². The van der Waals surface area contributed by atoms with Crippen LogP contribution in [0, 0.1) is 17.5 Å². The van der Waals surface area contributed by atoms with Gasteiger partial charge in [0, 0.05) is 6.07 Å². The average molecular weight is 219 g/mol. The number of hydrogen-bond donors (Lipinski definition) is 2. The predicted octanol–water partition coefficient (Wildman–Crippen LogP) is 1.37. The Labute approximate surface area is 81.3 Å². The van der Waals surface area contributed by atoms with Gasteiger partial charge < -0.3 is 10.4 Å². The van der Waals surface area contributed by atoms with Gasteiger partial charge in [0.25, 0.3) is 0 Å². The molecule has 1 aromatic carbocycles. The second kappa shape index (κ2) is 3.99. The Bertz CT molecular complexity index is 434. The van der Waals surface area contributed by atoms with Crippen molar-refractivity contribution in [2.75, 3.05) is 5.32 Å². The zero-order valence-corrected chi connectivity index (χ0v) is 7.05. The summed E-state index contributed by atoms with van der Waals surface area (Å²) < 4.78 is 38.7. The quantitative estimate of drug-likeness (QED) is 0.596. The van der Waals surface area contributed by atoms with E-state index < -0.39 is 34.7 Å². The van der Waals surface area contributed by atoms with Gasteiger partial charge in [-0.25, -0.2) is 18.0 Å². The zero-order chi connectivity index (χ0) is 11.6. The minimum absolute atomic E-state index is 0.0153. The van der Waals surface area contributed by atoms with E-state index in [0.717, 1.165) is 0 Å². The molecule has 0 unspecified atom stereocenters. The lowest BCUT2D eigenvalue weighted by atomic mass is 10.1. The van der Waals surface area contributed by atoms with Crippen molar-refractivity contribution in [1.82, 2.24) is 0 Å². The number of carboxylic acid groups (broad SMARTS) is 1. The van der Waals surface area contributed by atoms with E-state index in [2.05, 4.69) is 0 Å². The second-order valence-electron chi connectivity index (χ2n) is 2.48. The van der Waals surface area contributed by atoms with Crippen LogP contribution in [0.25, 0.3) is 0 Å². The van der Waals surface area contributed by atoms with Crippen LogP contribution in [-0.4, -0.2) is 17.5 Å². The van der Waals surface area contributed by atoms with E-state index in [9.17, 15) is 22.8 Å². The standard InChI is InChI=1S/C8H4F3NO3/c9-3-1-4(12-2-13)7(11)5(6(3)10)8(14)15/h1-2H,(H,12,13)(H,14,15). The van der Waals surface area contributed by atoms with Gasteiger partial charge in [-0.2, -0.15) is 0 Å². The van der Waals surface area contributed by atoms with Crippen LogP contribution in [0.3, 0.4) is 0 Å². The number of carbonyl (C=O) groups is 2. The van der Waals surface area contributed by atoms with Gasteiger partial charge in [0.15, 0.2) is 17.5 Å². The molecule has 0 spiro atoms. The molecular weight excluding hydrogens is 215 g/mol. The molecule has 0 saturated carbocycles. The SMILES string of the molecule is O=CNc1cc(F)c(F)c(C(=O)O)c1F. The fourth-order valence-corrected chi connectivity index (χ4v) is 0.960. The maximum absolute atomic E-state index is 13.1. The first-order valence-corrected chi connectivity index (χ1v) is 3.60. The third kappa shape index (κ3) is 1.90. The van der Waals surface area contributed by atoms with Crippen molar-refractivity contribution < 1.29 is 27.9 Å². The first-order chi connectivity index (χ1) is 6.99. The van der Waals surface area contributed by atoms with Gasteiger partial charge in [0.2, 0.25) is 6.41 Å². The van der Waals surface area contributed by atoms with Crippen molar-refractivity contribution in [3.63, 3.8) is 0 Å². The predicted molar refractivity (Wildman–Crippen MR) is 43.0 cm³/mol. The number of rotatable bonds is 3. The van der Waals surface area contributed by atoms with E-state index in [1.807, 2.05) is 0 Å². The highest BCUT2D eigenvalue weighted by atomic mass is 19.2. The lowest BCUT2D eigenvalue weighted by Crippen LogP contribution is -2.10. The average Bonchev–Trinajstić information content (AvgIpc) is 2.14. The Balaban J connectivity index is 3.48. The second-order valence-corrected chi connectivity index (χ2v) is 2.48. The summed E-state index contributed by atoms with van der Waals surface area (Å²) in [5.41, 5.74) is -2.18. The van der Waals surface area contributed by atoms with Crippen molar-refractivity contribution in [3.8, 4) is 0 Å². The number of carbonyl (C=O) groups excluding carboxylic acids is 1. The molecule has 4 nitrogen and oxygen atoms in total. The Morgan fingerprint density at radius 2 is 1.93 bits per heavy atom. The number of benzene rings is 1. The molecule has 0 saturated heterocycles. The molecule has 1 aromatic rings. The van der Waals surface area contributed by atoms with Gasteiger partial charge >= 0.3 is 5.97 Å². The van der Waals surface area contributed by atoms with Crippen molar-refractivity contribution in [2.45, 2.75) is 0 Å². The van der Waals surface area contributed by atoms with Crippen LogP contribution < -0.4 is 5.32 Å². The molecule has 0 atom stereocenters. The number of carboxylic acids is 1. The van der Waals surface area contributed by atoms with Crippen LogP contribution in [0.2, 0.25) is 0 Å². The molecule has 15 heavy (non-hydrogen) atoms. The number of halogens is 3. The Hall–Kier alpha value is -2.05. The van der Waals surface area contributed by atoms with Gasteiger partial charge in [-0.3, -0.25) is 4.79 Å². The van der Waals surface area contributed by atoms with Crippen LogP contribution in [0.1, 0.15) is 10.4 Å². The normalized spacial score (nSPS) is 9.80. The number of hydrogen-bond acceptors (Lipinski definition) is 2. The zero-order valence-electron chi connectivity index (χ0n) is 7.05. The molecule has 7 heteroatoms. The van der Waals surface area contributed by atoms with Crippen molar-refractivity contribution >= 4 is 18.1 Å². The summed E-state index contributed by atoms with van der Waals surface area (Å²) in [6.07, 6.45) is 0.0153. The summed E-state index contributed by atoms with van der Waals surface area (Å²) in [6, 6.07) is 0.353. The molecule has 0 aromatic heterocycles. The van der Waals surface area contributed by atoms with E-state index >= 15 is 0 Å². The molecule has 1 rings (SSSR count). The first-order valence-electron chi connectivity index (χ1n) is 3.60. The van der Waals surface area contributed by atoms with Crippen LogP contribution in [0.4, 0.5) is 18.9 Å². The van der Waals surface area contributed by atoms with Crippen molar-refractivity contribution in [1.29, 1.82) is 0 Å². The number of nitrogens with one attached hydrogen (secondary N) is 1. The first kappa shape index (κ1) is 11.0. The molecule has 0 aliphatic rings. The Kier molecular flexibility index (Phi) is 2.93. The summed E-state index contributed by atoms with van der Waals surface area (Å²) in [7, 11) is 0. The fourth-order valence-electron chi connectivity index (χ4n) is 0.960. The minimum atomic E-state index is -1.96. The number of anilines is 1. The van der Waals surface area contributed by atoms with Crippen LogP contribution in [0.5, 0.6) is 0 Å². The molecule has 80 valence electrons. The van der Waals surface area contributed by atoms with Crippen molar-refractivity contribution in [2.24, 2.45) is 0 Å². The van der Waals surface area contributed by atoms with E-state index in [0.29, 0.717) is 6.07 Å². The summed E-state index contributed by atoms with van der Waals surface area (Å²) in [6.45, 7) is 0. The minimum Gasteiger partial charge on any atom is -0.477 e. The van der Waals surface area contributed by atoms with E-state index in [1.54, 1.807) is 5.32 Å². The van der Waals surface area contributed by atoms with Gasteiger partial charge in [-0.05, 0) is 0 Å². The topological polar surface area (TPSA) is 66.4 Å². The maximum Gasteiger partial charge on any atom is 0.341 e. The molecule has 2 N–H and O–H groups in total. The smallest absolute Gasteiger partial charge is 0.341 e. The maximum atomic E-state index is 13.1. The molecule has 0 radical (unpaired) electrons. The van der Waals surface area contributed by atoms with Gasteiger partial charge in [0.05, 0.1) is 5.69 Å². The Morgan fingerprint density at radius 1 is 1.33 bits per heavy atom. The van der Waals surface area contributed by atoms with E-state index in [-0.39, 0.29) is 6.41 Å². The summed E-state index contributed by atoms with van der Waals surface area (Å²) in [5, 5.41) is 10.1. The lowest BCUT2D eigenvalue weighted by Gasteiger charge is -2.06. The highest BCUT2D eigenvalue weighted by molar-refractivity contribution is 5.90. The van der Waals surface area contributed by atoms with E-state index in [4.69, 9.17) is 5.11 Å². The molecule has 0 heterocycles. The largest absolute Gasteiger partial charge is 0.477 e.